The topological polar surface area (TPSA) is 97.2 Å². The smallest absolute Gasteiger partial charge is 0.242 e. The fourth-order valence-corrected chi connectivity index (χ4v) is 4.28. The van der Waals surface area contributed by atoms with E-state index in [0.29, 0.717) is 22.3 Å². The molecule has 3 aromatic rings. The first-order chi connectivity index (χ1) is 14.3. The Kier molecular flexibility index (Phi) is 6.85. The number of rotatable bonds is 8. The van der Waals surface area contributed by atoms with Crippen molar-refractivity contribution in [2.45, 2.75) is 16.5 Å². The number of nitrogens with zero attached hydrogens (tertiary/aromatic N) is 4. The molecule has 0 spiro atoms. The lowest BCUT2D eigenvalue weighted by Crippen LogP contribution is -2.22. The number of benzene rings is 2. The molecular formula is C19H20FN5O3S2. The summed E-state index contributed by atoms with van der Waals surface area (Å²) >= 11 is 1.28. The van der Waals surface area contributed by atoms with Crippen LogP contribution in [0.5, 0.6) is 0 Å². The number of sulfonamides is 1. The van der Waals surface area contributed by atoms with Gasteiger partial charge in [0.15, 0.2) is 5.16 Å². The van der Waals surface area contributed by atoms with Gasteiger partial charge in [-0.1, -0.05) is 23.9 Å². The summed E-state index contributed by atoms with van der Waals surface area (Å²) in [5, 5.41) is 11.0. The minimum absolute atomic E-state index is 0.147. The molecule has 1 N–H and O–H groups in total. The molecule has 0 aliphatic rings. The Hall–Kier alpha value is -2.76. The Morgan fingerprint density at radius 2 is 1.87 bits per heavy atom. The minimum Gasteiger partial charge on any atom is -0.326 e. The largest absolute Gasteiger partial charge is 0.326 e. The highest BCUT2D eigenvalue weighted by Gasteiger charge is 2.17. The van der Waals surface area contributed by atoms with Gasteiger partial charge in [-0.3, -0.25) is 9.36 Å². The highest BCUT2D eigenvalue weighted by atomic mass is 32.2. The van der Waals surface area contributed by atoms with Gasteiger partial charge in [0.25, 0.3) is 0 Å². The number of anilines is 1. The Morgan fingerprint density at radius 3 is 2.53 bits per heavy atom. The molecule has 158 valence electrons. The molecule has 1 aromatic heterocycles. The second kappa shape index (κ2) is 9.37. The van der Waals surface area contributed by atoms with Gasteiger partial charge in [0.1, 0.15) is 12.1 Å². The summed E-state index contributed by atoms with van der Waals surface area (Å²) in [6, 6.07) is 12.2. The SMILES string of the molecule is CN(C)S(=O)(=O)c1ccc(NC(=O)CCSc2nncn2-c2ccccc2F)cc1. The molecule has 0 atom stereocenters. The van der Waals surface area contributed by atoms with Crippen LogP contribution in [0.1, 0.15) is 6.42 Å². The normalized spacial score (nSPS) is 11.6. The average molecular weight is 450 g/mol. The number of nitrogens with one attached hydrogen (secondary N) is 1. The van der Waals surface area contributed by atoms with E-state index in [4.69, 9.17) is 0 Å². The maximum absolute atomic E-state index is 14.0. The van der Waals surface area contributed by atoms with Crippen LogP contribution in [0, 0.1) is 5.82 Å². The Morgan fingerprint density at radius 1 is 1.17 bits per heavy atom. The molecule has 3 rings (SSSR count). The van der Waals surface area contributed by atoms with E-state index in [-0.39, 0.29) is 17.2 Å². The van der Waals surface area contributed by atoms with Gasteiger partial charge in [-0.25, -0.2) is 17.1 Å². The Bertz CT molecular complexity index is 1130. The Labute approximate surface area is 178 Å². The van der Waals surface area contributed by atoms with Crippen molar-refractivity contribution in [2.75, 3.05) is 25.2 Å². The van der Waals surface area contributed by atoms with E-state index in [1.54, 1.807) is 18.2 Å². The molecule has 0 saturated carbocycles. The fourth-order valence-electron chi connectivity index (χ4n) is 2.51. The lowest BCUT2D eigenvalue weighted by Gasteiger charge is -2.12. The van der Waals surface area contributed by atoms with E-state index in [2.05, 4.69) is 15.5 Å². The van der Waals surface area contributed by atoms with Gasteiger partial charge in [-0.05, 0) is 36.4 Å². The highest BCUT2D eigenvalue weighted by Crippen LogP contribution is 2.22. The summed E-state index contributed by atoms with van der Waals surface area (Å²) in [7, 11) is -0.608. The van der Waals surface area contributed by atoms with Gasteiger partial charge < -0.3 is 5.32 Å². The van der Waals surface area contributed by atoms with E-state index >= 15 is 0 Å². The van der Waals surface area contributed by atoms with Crippen molar-refractivity contribution in [3.8, 4) is 5.69 Å². The fraction of sp³-hybridized carbons (Fsp3) is 0.211. The maximum atomic E-state index is 14.0. The number of aromatic nitrogens is 3. The molecule has 1 heterocycles. The molecule has 0 bridgehead atoms. The lowest BCUT2D eigenvalue weighted by molar-refractivity contribution is -0.115. The van der Waals surface area contributed by atoms with Crippen molar-refractivity contribution in [1.82, 2.24) is 19.1 Å². The molecule has 8 nitrogen and oxygen atoms in total. The second-order valence-electron chi connectivity index (χ2n) is 6.39. The van der Waals surface area contributed by atoms with Crippen LogP contribution in [0.15, 0.2) is 64.9 Å². The van der Waals surface area contributed by atoms with Crippen molar-refractivity contribution in [1.29, 1.82) is 0 Å². The van der Waals surface area contributed by atoms with E-state index in [9.17, 15) is 17.6 Å². The number of para-hydroxylation sites is 1. The minimum atomic E-state index is -3.52. The zero-order chi connectivity index (χ0) is 21.7. The van der Waals surface area contributed by atoms with Crippen LogP contribution in [-0.2, 0) is 14.8 Å². The molecule has 1 amide bonds. The standard InChI is InChI=1S/C19H20FN5O3S2/c1-24(2)30(27,28)15-9-7-14(8-10-15)22-18(26)11-12-29-19-23-21-13-25(19)17-6-4-3-5-16(17)20/h3-10,13H,11-12H2,1-2H3,(H,22,26). The molecule has 0 saturated heterocycles. The molecule has 2 aromatic carbocycles. The molecule has 30 heavy (non-hydrogen) atoms. The molecule has 0 aliphatic heterocycles. The summed E-state index contributed by atoms with van der Waals surface area (Å²) in [6.07, 6.45) is 1.61. The van der Waals surface area contributed by atoms with Crippen molar-refractivity contribution in [2.24, 2.45) is 0 Å². The maximum Gasteiger partial charge on any atom is 0.242 e. The third kappa shape index (κ3) is 5.04. The van der Waals surface area contributed by atoms with Gasteiger partial charge in [0.05, 0.1) is 10.6 Å². The summed E-state index contributed by atoms with van der Waals surface area (Å²) in [4.78, 5) is 12.3. The number of hydrogen-bond acceptors (Lipinski definition) is 6. The van der Waals surface area contributed by atoms with E-state index in [0.717, 1.165) is 4.31 Å². The first-order valence-corrected chi connectivity index (χ1v) is 11.3. The van der Waals surface area contributed by atoms with E-state index < -0.39 is 15.8 Å². The number of carbonyl (C=O) groups is 1. The average Bonchev–Trinajstić information content (AvgIpc) is 3.17. The molecule has 0 aliphatic carbocycles. The van der Waals surface area contributed by atoms with Crippen molar-refractivity contribution in [3.05, 3.63) is 60.7 Å². The van der Waals surface area contributed by atoms with Crippen molar-refractivity contribution >= 4 is 33.4 Å². The van der Waals surface area contributed by atoms with Gasteiger partial charge in [-0.2, -0.15) is 0 Å². The molecular weight excluding hydrogens is 429 g/mol. The summed E-state index contributed by atoms with van der Waals surface area (Å²) < 4.78 is 40.8. The van der Waals surface area contributed by atoms with Crippen LogP contribution >= 0.6 is 11.8 Å². The van der Waals surface area contributed by atoms with Crippen LogP contribution in [-0.4, -0.2) is 53.2 Å². The van der Waals surface area contributed by atoms with Crippen LogP contribution < -0.4 is 5.32 Å². The van der Waals surface area contributed by atoms with Crippen LogP contribution in [0.4, 0.5) is 10.1 Å². The van der Waals surface area contributed by atoms with Crippen LogP contribution in [0.25, 0.3) is 5.69 Å². The summed E-state index contributed by atoms with van der Waals surface area (Å²) in [5.74, 6) is -0.217. The third-order valence-electron chi connectivity index (χ3n) is 4.11. The van der Waals surface area contributed by atoms with Gasteiger partial charge >= 0.3 is 0 Å². The predicted octanol–water partition coefficient (Wildman–Crippen LogP) is 2.78. The molecule has 0 unspecified atom stereocenters. The van der Waals surface area contributed by atoms with Gasteiger partial charge in [0.2, 0.25) is 15.9 Å². The van der Waals surface area contributed by atoms with Crippen LogP contribution in [0.2, 0.25) is 0 Å². The van der Waals surface area contributed by atoms with Crippen molar-refractivity contribution < 1.29 is 17.6 Å². The quantitative estimate of drug-likeness (QED) is 0.531. The number of thioether (sulfide) groups is 1. The molecule has 11 heteroatoms. The number of hydrogen-bond donors (Lipinski definition) is 1. The first kappa shape index (κ1) is 21.9. The van der Waals surface area contributed by atoms with Crippen LogP contribution in [0.3, 0.4) is 0 Å². The second-order valence-corrected chi connectivity index (χ2v) is 9.61. The van der Waals surface area contributed by atoms with E-state index in [1.165, 1.54) is 67.1 Å². The molecule has 0 fully saturated rings. The molecule has 0 radical (unpaired) electrons. The number of amides is 1. The summed E-state index contributed by atoms with van der Waals surface area (Å²) in [6.45, 7) is 0. The predicted molar refractivity (Wildman–Crippen MR) is 113 cm³/mol. The first-order valence-electron chi connectivity index (χ1n) is 8.89. The van der Waals surface area contributed by atoms with Gasteiger partial charge in [-0.15, -0.1) is 10.2 Å². The zero-order valence-corrected chi connectivity index (χ0v) is 18.0. The van der Waals surface area contributed by atoms with Gasteiger partial charge in [0, 0.05) is 32.0 Å². The lowest BCUT2D eigenvalue weighted by atomic mass is 10.3. The highest BCUT2D eigenvalue weighted by molar-refractivity contribution is 7.99. The third-order valence-corrected chi connectivity index (χ3v) is 6.88. The monoisotopic (exact) mass is 449 g/mol. The van der Waals surface area contributed by atoms with Crippen molar-refractivity contribution in [3.63, 3.8) is 0 Å². The number of halogens is 1. The number of carbonyl (C=O) groups excluding carboxylic acids is 1. The zero-order valence-electron chi connectivity index (χ0n) is 16.3. The van der Waals surface area contributed by atoms with E-state index in [1.807, 2.05) is 0 Å². The Balaban J connectivity index is 1.55. The summed E-state index contributed by atoms with van der Waals surface area (Å²) in [5.41, 5.74) is 0.833.